The van der Waals surface area contributed by atoms with E-state index >= 15 is 0 Å². The molecule has 0 amide bonds. The van der Waals surface area contributed by atoms with E-state index in [9.17, 15) is 8.42 Å². The van der Waals surface area contributed by atoms with E-state index in [2.05, 4.69) is 30.0 Å². The van der Waals surface area contributed by atoms with E-state index in [0.29, 0.717) is 36.1 Å². The molecular formula is C20H30N8O5S. The second-order valence-corrected chi connectivity index (χ2v) is 9.73. The van der Waals surface area contributed by atoms with Crippen LogP contribution in [0, 0.1) is 0 Å². The van der Waals surface area contributed by atoms with Crippen molar-refractivity contribution in [3.05, 3.63) is 30.4 Å². The number of ether oxygens (including phenoxy) is 3. The van der Waals surface area contributed by atoms with Gasteiger partial charge >= 0.3 is 0 Å². The van der Waals surface area contributed by atoms with Crippen molar-refractivity contribution < 1.29 is 22.6 Å². The predicted octanol–water partition coefficient (Wildman–Crippen LogP) is 1.59. The molecule has 3 rings (SSSR count). The zero-order chi connectivity index (χ0) is 24.9. The lowest BCUT2D eigenvalue weighted by atomic mass is 10.1. The van der Waals surface area contributed by atoms with Crippen LogP contribution in [0.15, 0.2) is 24.7 Å². The molecule has 1 N–H and O–H groups in total. The van der Waals surface area contributed by atoms with Gasteiger partial charge in [0.1, 0.15) is 11.9 Å². The van der Waals surface area contributed by atoms with E-state index in [1.165, 1.54) is 26.6 Å². The Kier molecular flexibility index (Phi) is 8.17. The molecule has 0 aliphatic carbocycles. The molecule has 3 aromatic heterocycles. The Bertz CT molecular complexity index is 1180. The molecule has 0 fully saturated rings. The molecule has 34 heavy (non-hydrogen) atoms. The lowest BCUT2D eigenvalue weighted by Crippen LogP contribution is -2.32. The molecule has 3 aromatic rings. The fourth-order valence-electron chi connectivity index (χ4n) is 3.31. The van der Waals surface area contributed by atoms with Crippen LogP contribution in [0.2, 0.25) is 0 Å². The van der Waals surface area contributed by atoms with Crippen LogP contribution in [0.25, 0.3) is 11.5 Å². The number of hydrogen-bond donors (Lipinski definition) is 1. The Hall–Kier alpha value is -3.10. The van der Waals surface area contributed by atoms with Gasteiger partial charge in [0.15, 0.2) is 5.82 Å². The van der Waals surface area contributed by atoms with Gasteiger partial charge in [0.2, 0.25) is 21.9 Å². The summed E-state index contributed by atoms with van der Waals surface area (Å²) in [5.74, 6) is 0.266. The summed E-state index contributed by atoms with van der Waals surface area (Å²) >= 11 is 0. The number of nitrogens with one attached hydrogen (secondary N) is 1. The maximum Gasteiger partial charge on any atom is 0.240 e. The number of methoxy groups -OCH3 is 3. The first kappa shape index (κ1) is 25.5. The standard InChI is InChI=1S/C20H30N8O5S/c1-13(16-11-22-17(32-5)12-21-16)14(2)34(29,30)26-20-24-23-19(15-7-9-27(3)25-15)28(20)18(33-6)8-10-31-4/h7,9,11-14,18H,8,10H2,1-6H3,(H,24,26)/t13-,14-,18?/m0/s1. The van der Waals surface area contributed by atoms with E-state index < -0.39 is 27.4 Å². The van der Waals surface area contributed by atoms with Gasteiger partial charge in [-0.1, -0.05) is 6.92 Å². The van der Waals surface area contributed by atoms with Crippen molar-refractivity contribution in [3.8, 4) is 17.4 Å². The molecule has 3 heterocycles. The minimum Gasteiger partial charge on any atom is -0.480 e. The normalized spacial score (nSPS) is 14.5. The summed E-state index contributed by atoms with van der Waals surface area (Å²) in [7, 11) is 2.45. The first-order valence-corrected chi connectivity index (χ1v) is 12.1. The Labute approximate surface area is 198 Å². The smallest absolute Gasteiger partial charge is 0.240 e. The predicted molar refractivity (Wildman–Crippen MR) is 124 cm³/mol. The van der Waals surface area contributed by atoms with Gasteiger partial charge < -0.3 is 14.2 Å². The fraction of sp³-hybridized carbons (Fsp3) is 0.550. The van der Waals surface area contributed by atoms with Crippen molar-refractivity contribution in [2.24, 2.45) is 7.05 Å². The van der Waals surface area contributed by atoms with E-state index in [0.717, 1.165) is 0 Å². The average molecular weight is 495 g/mol. The van der Waals surface area contributed by atoms with Gasteiger partial charge in [-0.25, -0.2) is 13.4 Å². The van der Waals surface area contributed by atoms with Crippen LogP contribution in [0.5, 0.6) is 5.88 Å². The summed E-state index contributed by atoms with van der Waals surface area (Å²) in [5.41, 5.74) is 1.04. The highest BCUT2D eigenvalue weighted by molar-refractivity contribution is 7.93. The van der Waals surface area contributed by atoms with Gasteiger partial charge in [-0.05, 0) is 13.0 Å². The fourth-order valence-corrected chi connectivity index (χ4v) is 4.57. The Morgan fingerprint density at radius 1 is 1.12 bits per heavy atom. The van der Waals surface area contributed by atoms with Crippen LogP contribution in [0.4, 0.5) is 5.95 Å². The maximum absolute atomic E-state index is 13.3. The van der Waals surface area contributed by atoms with Gasteiger partial charge in [0.05, 0.1) is 37.1 Å². The van der Waals surface area contributed by atoms with Crippen molar-refractivity contribution in [3.63, 3.8) is 0 Å². The second kappa shape index (κ2) is 10.9. The summed E-state index contributed by atoms with van der Waals surface area (Å²) in [6.45, 7) is 3.74. The van der Waals surface area contributed by atoms with Gasteiger partial charge in [-0.15, -0.1) is 10.2 Å². The van der Waals surface area contributed by atoms with Gasteiger partial charge in [-0.3, -0.25) is 19.0 Å². The molecule has 0 spiro atoms. The first-order valence-electron chi connectivity index (χ1n) is 10.6. The van der Waals surface area contributed by atoms with E-state index in [1.807, 2.05) is 0 Å². The molecular weight excluding hydrogens is 464 g/mol. The Morgan fingerprint density at radius 3 is 2.44 bits per heavy atom. The second-order valence-electron chi connectivity index (χ2n) is 7.69. The first-order chi connectivity index (χ1) is 16.2. The lowest BCUT2D eigenvalue weighted by Gasteiger charge is -2.23. The molecule has 0 saturated carbocycles. The quantitative estimate of drug-likeness (QED) is 0.393. The third kappa shape index (κ3) is 5.51. The highest BCUT2D eigenvalue weighted by atomic mass is 32.2. The number of anilines is 1. The minimum absolute atomic E-state index is 0.0171. The molecule has 186 valence electrons. The monoisotopic (exact) mass is 494 g/mol. The number of aromatic nitrogens is 7. The minimum atomic E-state index is -3.91. The SMILES string of the molecule is COCCC(OC)n1c(NS(=O)(=O)[C@@H](C)[C@H](C)c2cnc(OC)cn2)nnc1-c1ccn(C)n1. The van der Waals surface area contributed by atoms with Crippen molar-refractivity contribution in [2.75, 3.05) is 32.7 Å². The molecule has 0 radical (unpaired) electrons. The van der Waals surface area contributed by atoms with Crippen LogP contribution in [0.3, 0.4) is 0 Å². The van der Waals surface area contributed by atoms with Crippen molar-refractivity contribution in [1.29, 1.82) is 0 Å². The summed E-state index contributed by atoms with van der Waals surface area (Å²) in [4.78, 5) is 8.39. The molecule has 0 aromatic carbocycles. The number of rotatable bonds is 12. The molecule has 0 saturated heterocycles. The van der Waals surface area contributed by atoms with Gasteiger partial charge in [0, 0.05) is 39.8 Å². The Balaban J connectivity index is 1.93. The lowest BCUT2D eigenvalue weighted by molar-refractivity contribution is 0.0189. The van der Waals surface area contributed by atoms with Crippen LogP contribution in [-0.4, -0.2) is 76.1 Å². The molecule has 0 aliphatic rings. The molecule has 0 aliphatic heterocycles. The zero-order valence-electron chi connectivity index (χ0n) is 20.0. The third-order valence-electron chi connectivity index (χ3n) is 5.52. The average Bonchev–Trinajstić information content (AvgIpc) is 3.44. The number of hydrogen-bond acceptors (Lipinski definition) is 10. The van der Waals surface area contributed by atoms with Crippen molar-refractivity contribution >= 4 is 16.0 Å². The van der Waals surface area contributed by atoms with E-state index in [4.69, 9.17) is 14.2 Å². The Morgan fingerprint density at radius 2 is 1.88 bits per heavy atom. The van der Waals surface area contributed by atoms with Gasteiger partial charge in [0.25, 0.3) is 0 Å². The molecule has 1 unspecified atom stereocenters. The van der Waals surface area contributed by atoms with Crippen molar-refractivity contribution in [1.82, 2.24) is 34.5 Å². The molecule has 13 nitrogen and oxygen atoms in total. The van der Waals surface area contributed by atoms with Crippen LogP contribution >= 0.6 is 0 Å². The molecule has 0 bridgehead atoms. The highest BCUT2D eigenvalue weighted by Crippen LogP contribution is 2.29. The largest absolute Gasteiger partial charge is 0.480 e. The number of sulfonamides is 1. The van der Waals surface area contributed by atoms with E-state index in [1.54, 1.807) is 49.5 Å². The maximum atomic E-state index is 13.3. The van der Waals surface area contributed by atoms with E-state index in [-0.39, 0.29) is 5.95 Å². The summed E-state index contributed by atoms with van der Waals surface area (Å²) in [6.07, 6.45) is 4.56. The summed E-state index contributed by atoms with van der Waals surface area (Å²) in [6, 6.07) is 1.76. The molecule has 14 heteroatoms. The topological polar surface area (TPSA) is 148 Å². The van der Waals surface area contributed by atoms with Crippen LogP contribution in [-0.2, 0) is 26.5 Å². The summed E-state index contributed by atoms with van der Waals surface area (Å²) < 4.78 is 48.2. The van der Waals surface area contributed by atoms with Crippen molar-refractivity contribution in [2.45, 2.75) is 37.7 Å². The van der Waals surface area contributed by atoms with Gasteiger partial charge in [-0.2, -0.15) is 5.10 Å². The number of aryl methyl sites for hydroxylation is 1. The summed E-state index contributed by atoms with van der Waals surface area (Å²) in [5, 5.41) is 11.8. The highest BCUT2D eigenvalue weighted by Gasteiger charge is 2.32. The third-order valence-corrected chi connectivity index (χ3v) is 7.37. The van der Waals surface area contributed by atoms with Crippen LogP contribution < -0.4 is 9.46 Å². The number of nitrogens with zero attached hydrogens (tertiary/aromatic N) is 7. The zero-order valence-corrected chi connectivity index (χ0v) is 20.9. The molecule has 3 atom stereocenters. The van der Waals surface area contributed by atoms with Crippen LogP contribution in [0.1, 0.15) is 38.1 Å².